The van der Waals surface area contributed by atoms with Crippen LogP contribution in [0.4, 0.5) is 0 Å². The average Bonchev–Trinajstić information content (AvgIpc) is 2.64. The molecule has 0 fully saturated rings. The van der Waals surface area contributed by atoms with Crippen LogP contribution < -0.4 is 5.73 Å². The first-order valence-corrected chi connectivity index (χ1v) is 5.00. The van der Waals surface area contributed by atoms with E-state index in [4.69, 9.17) is 5.73 Å². The number of rotatable bonds is 2. The van der Waals surface area contributed by atoms with Crippen molar-refractivity contribution in [2.45, 2.75) is 13.5 Å². The van der Waals surface area contributed by atoms with Gasteiger partial charge in [0.25, 0.3) is 0 Å². The van der Waals surface area contributed by atoms with Gasteiger partial charge in [0, 0.05) is 25.4 Å². The van der Waals surface area contributed by atoms with Crippen LogP contribution in [-0.4, -0.2) is 9.78 Å². The number of benzene rings is 1. The van der Waals surface area contributed by atoms with Gasteiger partial charge in [0.05, 0.1) is 5.69 Å². The molecule has 3 nitrogen and oxygen atoms in total. The van der Waals surface area contributed by atoms with Crippen LogP contribution in [0.5, 0.6) is 0 Å². The van der Waals surface area contributed by atoms with Gasteiger partial charge in [0.2, 0.25) is 0 Å². The molecule has 0 saturated carbocycles. The lowest BCUT2D eigenvalue weighted by Gasteiger charge is -2.04. The Labute approximate surface area is 89.5 Å². The molecule has 78 valence electrons. The number of aromatic nitrogens is 2. The molecule has 0 amide bonds. The lowest BCUT2D eigenvalue weighted by molar-refractivity contribution is 0.770. The Kier molecular flexibility index (Phi) is 2.56. The first kappa shape index (κ1) is 9.93. The Morgan fingerprint density at radius 3 is 2.67 bits per heavy atom. The fourth-order valence-corrected chi connectivity index (χ4v) is 1.70. The summed E-state index contributed by atoms with van der Waals surface area (Å²) >= 11 is 0. The molecule has 0 unspecified atom stereocenters. The zero-order chi connectivity index (χ0) is 10.8. The molecule has 0 saturated heterocycles. The molecule has 2 aromatic rings. The summed E-state index contributed by atoms with van der Waals surface area (Å²) < 4.78 is 1.81. The summed E-state index contributed by atoms with van der Waals surface area (Å²) in [5.41, 5.74) is 10.2. The largest absolute Gasteiger partial charge is 0.326 e. The van der Waals surface area contributed by atoms with Crippen molar-refractivity contribution in [2.75, 3.05) is 0 Å². The van der Waals surface area contributed by atoms with Crippen LogP contribution in [0, 0.1) is 6.92 Å². The highest BCUT2D eigenvalue weighted by molar-refractivity contribution is 5.63. The Morgan fingerprint density at radius 2 is 2.13 bits per heavy atom. The minimum Gasteiger partial charge on any atom is -0.326 e. The van der Waals surface area contributed by atoms with Crippen molar-refractivity contribution < 1.29 is 0 Å². The Balaban J connectivity index is 2.45. The van der Waals surface area contributed by atoms with E-state index in [1.165, 1.54) is 11.1 Å². The van der Waals surface area contributed by atoms with E-state index in [9.17, 15) is 0 Å². The lowest BCUT2D eigenvalue weighted by Crippen LogP contribution is -1.97. The summed E-state index contributed by atoms with van der Waals surface area (Å²) in [6.45, 7) is 2.67. The van der Waals surface area contributed by atoms with Crippen LogP contribution in [0.25, 0.3) is 11.3 Å². The summed E-state index contributed by atoms with van der Waals surface area (Å²) in [5, 5.41) is 4.38. The molecule has 0 spiro atoms. The molecule has 0 aliphatic rings. The fourth-order valence-electron chi connectivity index (χ4n) is 1.70. The second-order valence-corrected chi connectivity index (χ2v) is 3.73. The van der Waals surface area contributed by atoms with Crippen molar-refractivity contribution in [2.24, 2.45) is 12.8 Å². The van der Waals surface area contributed by atoms with Crippen molar-refractivity contribution in [3.63, 3.8) is 0 Å². The second kappa shape index (κ2) is 3.87. The van der Waals surface area contributed by atoms with Crippen LogP contribution >= 0.6 is 0 Å². The van der Waals surface area contributed by atoms with E-state index >= 15 is 0 Å². The Bertz CT molecular complexity index is 471. The molecule has 0 atom stereocenters. The van der Waals surface area contributed by atoms with Crippen LogP contribution in [0.2, 0.25) is 0 Å². The van der Waals surface area contributed by atoms with Crippen LogP contribution in [0.1, 0.15) is 11.1 Å². The van der Waals surface area contributed by atoms with Gasteiger partial charge in [-0.2, -0.15) is 5.10 Å². The third-order valence-electron chi connectivity index (χ3n) is 2.52. The van der Waals surface area contributed by atoms with E-state index in [0.29, 0.717) is 6.54 Å². The minimum atomic E-state index is 0.587. The number of hydrogen-bond donors (Lipinski definition) is 1. The van der Waals surface area contributed by atoms with Gasteiger partial charge in [0.15, 0.2) is 0 Å². The fraction of sp³-hybridized carbons (Fsp3) is 0.250. The third kappa shape index (κ3) is 1.92. The smallest absolute Gasteiger partial charge is 0.0925 e. The number of nitrogens with zero attached hydrogens (tertiary/aromatic N) is 2. The predicted molar refractivity (Wildman–Crippen MR) is 61.3 cm³/mol. The average molecular weight is 201 g/mol. The van der Waals surface area contributed by atoms with E-state index in [0.717, 1.165) is 11.3 Å². The number of aryl methyl sites for hydroxylation is 2. The first-order valence-electron chi connectivity index (χ1n) is 5.00. The van der Waals surface area contributed by atoms with Gasteiger partial charge < -0.3 is 5.73 Å². The summed E-state index contributed by atoms with van der Waals surface area (Å²) in [5.74, 6) is 0. The molecule has 0 aliphatic heterocycles. The molecule has 3 heteroatoms. The summed E-state index contributed by atoms with van der Waals surface area (Å²) in [6.07, 6.45) is 1.95. The summed E-state index contributed by atoms with van der Waals surface area (Å²) in [4.78, 5) is 0. The second-order valence-electron chi connectivity index (χ2n) is 3.73. The molecule has 1 heterocycles. The summed E-state index contributed by atoms with van der Waals surface area (Å²) in [7, 11) is 1.92. The van der Waals surface area contributed by atoms with Crippen molar-refractivity contribution >= 4 is 0 Å². The monoisotopic (exact) mass is 201 g/mol. The number of hydrogen-bond acceptors (Lipinski definition) is 2. The van der Waals surface area contributed by atoms with E-state index in [2.05, 4.69) is 30.2 Å². The maximum absolute atomic E-state index is 5.59. The zero-order valence-electron chi connectivity index (χ0n) is 9.07. The van der Waals surface area contributed by atoms with E-state index in [1.807, 2.05) is 24.0 Å². The molecular weight excluding hydrogens is 186 g/mol. The third-order valence-corrected chi connectivity index (χ3v) is 2.52. The van der Waals surface area contributed by atoms with E-state index in [1.54, 1.807) is 0 Å². The number of nitrogens with two attached hydrogens (primary N) is 1. The van der Waals surface area contributed by atoms with Gasteiger partial charge in [0.1, 0.15) is 0 Å². The maximum atomic E-state index is 5.59. The predicted octanol–water partition coefficient (Wildman–Crippen LogP) is 1.85. The summed E-state index contributed by atoms with van der Waals surface area (Å²) in [6, 6.07) is 8.27. The minimum absolute atomic E-state index is 0.587. The molecular formula is C12H15N3. The Hall–Kier alpha value is -1.61. The van der Waals surface area contributed by atoms with Crippen molar-refractivity contribution in [1.29, 1.82) is 0 Å². The molecule has 2 N–H and O–H groups in total. The highest BCUT2D eigenvalue weighted by Crippen LogP contribution is 2.22. The standard InChI is InChI=1S/C12H15N3/c1-9-7-10(8-13)3-4-11(9)12-5-6-15(2)14-12/h3-7H,8,13H2,1-2H3. The van der Waals surface area contributed by atoms with Gasteiger partial charge in [-0.15, -0.1) is 0 Å². The van der Waals surface area contributed by atoms with Crippen LogP contribution in [0.15, 0.2) is 30.5 Å². The highest BCUT2D eigenvalue weighted by Gasteiger charge is 2.04. The highest BCUT2D eigenvalue weighted by atomic mass is 15.2. The quantitative estimate of drug-likeness (QED) is 0.806. The lowest BCUT2D eigenvalue weighted by atomic mass is 10.0. The first-order chi connectivity index (χ1) is 7.20. The van der Waals surface area contributed by atoms with Crippen molar-refractivity contribution in [3.8, 4) is 11.3 Å². The van der Waals surface area contributed by atoms with Gasteiger partial charge in [-0.3, -0.25) is 4.68 Å². The maximum Gasteiger partial charge on any atom is 0.0925 e. The SMILES string of the molecule is Cc1cc(CN)ccc1-c1ccn(C)n1. The van der Waals surface area contributed by atoms with Gasteiger partial charge in [-0.25, -0.2) is 0 Å². The van der Waals surface area contributed by atoms with Crippen molar-refractivity contribution in [1.82, 2.24) is 9.78 Å². The molecule has 0 bridgehead atoms. The Morgan fingerprint density at radius 1 is 1.33 bits per heavy atom. The molecule has 0 radical (unpaired) electrons. The van der Waals surface area contributed by atoms with Gasteiger partial charge in [-0.1, -0.05) is 18.2 Å². The van der Waals surface area contributed by atoms with Gasteiger partial charge in [-0.05, 0) is 24.1 Å². The topological polar surface area (TPSA) is 43.8 Å². The molecule has 1 aromatic carbocycles. The zero-order valence-corrected chi connectivity index (χ0v) is 9.07. The van der Waals surface area contributed by atoms with Crippen LogP contribution in [-0.2, 0) is 13.6 Å². The molecule has 0 aliphatic carbocycles. The van der Waals surface area contributed by atoms with E-state index < -0.39 is 0 Å². The van der Waals surface area contributed by atoms with Gasteiger partial charge >= 0.3 is 0 Å². The molecule has 2 rings (SSSR count). The molecule has 1 aromatic heterocycles. The van der Waals surface area contributed by atoms with Crippen LogP contribution in [0.3, 0.4) is 0 Å². The van der Waals surface area contributed by atoms with Crippen molar-refractivity contribution in [3.05, 3.63) is 41.6 Å². The van der Waals surface area contributed by atoms with E-state index in [-0.39, 0.29) is 0 Å². The molecule has 15 heavy (non-hydrogen) atoms. The normalized spacial score (nSPS) is 10.6.